The summed E-state index contributed by atoms with van der Waals surface area (Å²) >= 11 is 0. The van der Waals surface area contributed by atoms with Crippen LogP contribution in [0.1, 0.15) is 75.6 Å². The molecule has 0 N–H and O–H groups in total. The summed E-state index contributed by atoms with van der Waals surface area (Å²) in [7, 11) is 2.05. The molecule has 1 aromatic carbocycles. The lowest BCUT2D eigenvalue weighted by Gasteiger charge is -2.26. The number of nitrogens with zero attached hydrogens (tertiary/aromatic N) is 3. The van der Waals surface area contributed by atoms with Crippen LogP contribution in [0.5, 0.6) is 0 Å². The first-order valence-electron chi connectivity index (χ1n) is 11.0. The van der Waals surface area contributed by atoms with Crippen LogP contribution in [0.25, 0.3) is 11.4 Å². The Labute approximate surface area is 164 Å². The molecule has 0 bridgehead atoms. The third-order valence-electron chi connectivity index (χ3n) is 6.95. The first-order valence-corrected chi connectivity index (χ1v) is 11.0. The number of benzene rings is 1. The molecule has 3 nitrogen and oxygen atoms in total. The zero-order valence-electron chi connectivity index (χ0n) is 17.2. The standard InChI is InChI=1S/C24H34N3/c1-4-5-9-20-15-22(20)18-11-13-19(14-12-18)23-25-16-27(3)24(26-23)21-10-7-6-8-17(21)2/h6-8,10,16,18-20,22H,4-5,9,11-15H2,1-3H3/q+1. The summed E-state index contributed by atoms with van der Waals surface area (Å²) < 4.78 is 2.06. The second-order valence-corrected chi connectivity index (χ2v) is 8.88. The lowest BCUT2D eigenvalue weighted by Crippen LogP contribution is -2.34. The highest BCUT2D eigenvalue weighted by Gasteiger charge is 2.43. The zero-order chi connectivity index (χ0) is 18.8. The number of hydrogen-bond donors (Lipinski definition) is 0. The minimum atomic E-state index is 0.540. The number of aromatic nitrogens is 3. The van der Waals surface area contributed by atoms with Crippen molar-refractivity contribution < 1.29 is 4.57 Å². The molecule has 2 aliphatic carbocycles. The van der Waals surface area contributed by atoms with Crippen LogP contribution in [0.3, 0.4) is 0 Å². The van der Waals surface area contributed by atoms with Gasteiger partial charge in [0.2, 0.25) is 6.33 Å². The Hall–Kier alpha value is -1.77. The van der Waals surface area contributed by atoms with Crippen molar-refractivity contribution in [2.24, 2.45) is 24.8 Å². The molecule has 2 aromatic rings. The molecule has 2 unspecified atom stereocenters. The quantitative estimate of drug-likeness (QED) is 0.644. The molecule has 2 atom stereocenters. The van der Waals surface area contributed by atoms with Crippen molar-refractivity contribution in [2.45, 2.75) is 71.1 Å². The number of aryl methyl sites for hydroxylation is 2. The van der Waals surface area contributed by atoms with Gasteiger partial charge in [0.15, 0.2) is 0 Å². The van der Waals surface area contributed by atoms with Gasteiger partial charge >= 0.3 is 0 Å². The molecule has 0 amide bonds. The normalized spacial score (nSPS) is 27.5. The molecule has 0 aliphatic heterocycles. The Balaban J connectivity index is 1.42. The van der Waals surface area contributed by atoms with Gasteiger partial charge in [-0.3, -0.25) is 0 Å². The molecule has 4 rings (SSSR count). The molecule has 2 saturated carbocycles. The molecule has 144 valence electrons. The smallest absolute Gasteiger partial charge is 0.236 e. The van der Waals surface area contributed by atoms with Crippen molar-refractivity contribution in [3.8, 4) is 11.4 Å². The lowest BCUT2D eigenvalue weighted by atomic mass is 9.78. The van der Waals surface area contributed by atoms with Crippen LogP contribution in [0.15, 0.2) is 30.6 Å². The summed E-state index contributed by atoms with van der Waals surface area (Å²) in [6, 6.07) is 8.52. The third-order valence-corrected chi connectivity index (χ3v) is 6.95. The first-order chi connectivity index (χ1) is 13.2. The molecule has 1 heterocycles. The Morgan fingerprint density at radius 1 is 1.11 bits per heavy atom. The van der Waals surface area contributed by atoms with Gasteiger partial charge in [-0.25, -0.2) is 4.57 Å². The van der Waals surface area contributed by atoms with E-state index in [1.165, 1.54) is 62.5 Å². The van der Waals surface area contributed by atoms with Crippen LogP contribution in [0, 0.1) is 24.7 Å². The van der Waals surface area contributed by atoms with Crippen molar-refractivity contribution >= 4 is 0 Å². The van der Waals surface area contributed by atoms with E-state index in [0.29, 0.717) is 5.92 Å². The van der Waals surface area contributed by atoms with Gasteiger partial charge in [0.25, 0.3) is 11.6 Å². The maximum atomic E-state index is 5.02. The van der Waals surface area contributed by atoms with Crippen molar-refractivity contribution in [1.82, 2.24) is 9.97 Å². The SMILES string of the molecule is CCCCC1CC1C1CCC(c2nc[n+](C)c(-c3ccccc3C)n2)CC1. The third kappa shape index (κ3) is 4.07. The van der Waals surface area contributed by atoms with E-state index in [0.717, 1.165) is 29.4 Å². The molecule has 0 spiro atoms. The Morgan fingerprint density at radius 2 is 1.89 bits per heavy atom. The van der Waals surface area contributed by atoms with E-state index in [1.807, 2.05) is 13.4 Å². The second kappa shape index (κ2) is 8.08. The van der Waals surface area contributed by atoms with Crippen LogP contribution in [-0.4, -0.2) is 9.97 Å². The van der Waals surface area contributed by atoms with Gasteiger partial charge in [0, 0.05) is 0 Å². The molecule has 1 aromatic heterocycles. The Morgan fingerprint density at radius 3 is 2.63 bits per heavy atom. The highest BCUT2D eigenvalue weighted by atomic mass is 15.1. The number of hydrogen-bond acceptors (Lipinski definition) is 2. The summed E-state index contributed by atoms with van der Waals surface area (Å²) in [5.74, 6) is 5.70. The van der Waals surface area contributed by atoms with E-state index >= 15 is 0 Å². The van der Waals surface area contributed by atoms with Crippen LogP contribution in [-0.2, 0) is 7.05 Å². The molecular formula is C24H34N3+. The van der Waals surface area contributed by atoms with Gasteiger partial charge in [-0.2, -0.15) is 0 Å². The highest BCUT2D eigenvalue weighted by molar-refractivity contribution is 5.57. The second-order valence-electron chi connectivity index (χ2n) is 8.88. The fourth-order valence-corrected chi connectivity index (χ4v) is 5.14. The summed E-state index contributed by atoms with van der Waals surface area (Å²) in [5, 5.41) is 0. The van der Waals surface area contributed by atoms with Gasteiger partial charge in [-0.05, 0) is 68.4 Å². The van der Waals surface area contributed by atoms with E-state index < -0.39 is 0 Å². The molecule has 3 heteroatoms. The zero-order valence-corrected chi connectivity index (χ0v) is 17.2. The van der Waals surface area contributed by atoms with E-state index in [4.69, 9.17) is 9.97 Å². The van der Waals surface area contributed by atoms with Gasteiger partial charge in [0.1, 0.15) is 0 Å². The number of rotatable bonds is 6. The monoisotopic (exact) mass is 364 g/mol. The van der Waals surface area contributed by atoms with Gasteiger partial charge in [0.05, 0.1) is 18.5 Å². The maximum absolute atomic E-state index is 5.02. The topological polar surface area (TPSA) is 29.7 Å². The fourth-order valence-electron chi connectivity index (χ4n) is 5.14. The average molecular weight is 365 g/mol. The van der Waals surface area contributed by atoms with Gasteiger partial charge in [-0.1, -0.05) is 54.4 Å². The summed E-state index contributed by atoms with van der Waals surface area (Å²) in [4.78, 5) is 9.73. The van der Waals surface area contributed by atoms with E-state index in [1.54, 1.807) is 0 Å². The Kier molecular flexibility index (Phi) is 5.56. The largest absolute Gasteiger partial charge is 0.279 e. The van der Waals surface area contributed by atoms with E-state index in [-0.39, 0.29) is 0 Å². The van der Waals surface area contributed by atoms with Crippen LogP contribution in [0.4, 0.5) is 0 Å². The van der Waals surface area contributed by atoms with E-state index in [9.17, 15) is 0 Å². The summed E-state index contributed by atoms with van der Waals surface area (Å²) in [5.41, 5.74) is 2.49. The Bertz CT molecular complexity index is 777. The molecule has 0 radical (unpaired) electrons. The molecule has 27 heavy (non-hydrogen) atoms. The summed E-state index contributed by atoms with van der Waals surface area (Å²) in [6.07, 6.45) is 13.0. The van der Waals surface area contributed by atoms with E-state index in [2.05, 4.69) is 42.7 Å². The maximum Gasteiger partial charge on any atom is 0.279 e. The van der Waals surface area contributed by atoms with Crippen LogP contribution >= 0.6 is 0 Å². The molecule has 2 fully saturated rings. The van der Waals surface area contributed by atoms with Crippen molar-refractivity contribution in [3.63, 3.8) is 0 Å². The van der Waals surface area contributed by atoms with Gasteiger partial charge < -0.3 is 0 Å². The fraction of sp³-hybridized carbons (Fsp3) is 0.625. The van der Waals surface area contributed by atoms with Gasteiger partial charge in [-0.15, -0.1) is 0 Å². The predicted molar refractivity (Wildman–Crippen MR) is 109 cm³/mol. The highest BCUT2D eigenvalue weighted by Crippen LogP contribution is 2.53. The average Bonchev–Trinajstić information content (AvgIpc) is 3.47. The minimum absolute atomic E-state index is 0.540. The number of unbranched alkanes of at least 4 members (excludes halogenated alkanes) is 1. The summed E-state index contributed by atoms with van der Waals surface area (Å²) in [6.45, 7) is 4.47. The molecule has 2 aliphatic rings. The van der Waals surface area contributed by atoms with Crippen molar-refractivity contribution in [2.75, 3.05) is 0 Å². The van der Waals surface area contributed by atoms with Crippen LogP contribution in [0.2, 0.25) is 0 Å². The van der Waals surface area contributed by atoms with Crippen molar-refractivity contribution in [3.05, 3.63) is 42.0 Å². The lowest BCUT2D eigenvalue weighted by molar-refractivity contribution is -0.666. The van der Waals surface area contributed by atoms with Crippen molar-refractivity contribution in [1.29, 1.82) is 0 Å². The minimum Gasteiger partial charge on any atom is -0.236 e. The predicted octanol–water partition coefficient (Wildman–Crippen LogP) is 5.38. The first kappa shape index (κ1) is 18.6. The van der Waals surface area contributed by atoms with Crippen LogP contribution < -0.4 is 4.57 Å². The molecule has 0 saturated heterocycles. The molecular weight excluding hydrogens is 330 g/mol.